The number of amides is 1. The average Bonchev–Trinajstić information content (AvgIpc) is 3.19. The summed E-state index contributed by atoms with van der Waals surface area (Å²) < 4.78 is 13.9. The summed E-state index contributed by atoms with van der Waals surface area (Å²) in [6, 6.07) is 12.9. The third-order valence-electron chi connectivity index (χ3n) is 3.69. The lowest BCUT2D eigenvalue weighted by Crippen LogP contribution is -2.22. The van der Waals surface area contributed by atoms with E-state index in [0.29, 0.717) is 12.3 Å². The summed E-state index contributed by atoms with van der Waals surface area (Å²) in [7, 11) is 1.87. The maximum Gasteiger partial charge on any atom is 0.287 e. The Morgan fingerprint density at radius 1 is 1.32 bits per heavy atom. The van der Waals surface area contributed by atoms with E-state index in [1.54, 1.807) is 16.8 Å². The van der Waals surface area contributed by atoms with Crippen LogP contribution in [-0.2, 0) is 20.2 Å². The molecular weight excluding hydrogens is 386 g/mol. The molecule has 0 aliphatic rings. The number of benzene rings is 1. The Morgan fingerprint density at radius 2 is 2.12 bits per heavy atom. The van der Waals surface area contributed by atoms with Crippen molar-refractivity contribution in [2.24, 2.45) is 7.05 Å². The fourth-order valence-electron chi connectivity index (χ4n) is 2.27. The first-order chi connectivity index (χ1) is 12.0. The Morgan fingerprint density at radius 3 is 2.84 bits per heavy atom. The zero-order valence-corrected chi connectivity index (χ0v) is 15.5. The maximum absolute atomic E-state index is 12.2. The minimum Gasteiger partial charge on any atom is -0.484 e. The van der Waals surface area contributed by atoms with E-state index >= 15 is 0 Å². The fourth-order valence-corrected chi connectivity index (χ4v) is 2.67. The van der Waals surface area contributed by atoms with E-state index in [9.17, 15) is 4.79 Å². The Balaban J connectivity index is 1.55. The lowest BCUT2D eigenvalue weighted by molar-refractivity contribution is 0.0918. The van der Waals surface area contributed by atoms with E-state index in [2.05, 4.69) is 26.3 Å². The SMILES string of the molecule is Cc1cc(CNC(=O)c2ccc(COc3ccccc3Br)o2)nn1C. The van der Waals surface area contributed by atoms with Crippen molar-refractivity contribution in [3.8, 4) is 5.75 Å². The van der Waals surface area contributed by atoms with E-state index in [0.717, 1.165) is 21.6 Å². The monoisotopic (exact) mass is 403 g/mol. The summed E-state index contributed by atoms with van der Waals surface area (Å²) in [5, 5.41) is 7.09. The van der Waals surface area contributed by atoms with Crippen LogP contribution in [0.25, 0.3) is 0 Å². The van der Waals surface area contributed by atoms with Crippen LogP contribution in [0.3, 0.4) is 0 Å². The average molecular weight is 404 g/mol. The molecule has 7 heteroatoms. The van der Waals surface area contributed by atoms with Crippen molar-refractivity contribution in [1.82, 2.24) is 15.1 Å². The van der Waals surface area contributed by atoms with Gasteiger partial charge in [-0.25, -0.2) is 0 Å². The van der Waals surface area contributed by atoms with Gasteiger partial charge in [0, 0.05) is 12.7 Å². The molecule has 0 saturated carbocycles. The molecule has 0 aliphatic carbocycles. The summed E-state index contributed by atoms with van der Waals surface area (Å²) in [4.78, 5) is 12.2. The van der Waals surface area contributed by atoms with Gasteiger partial charge in [0.2, 0.25) is 0 Å². The van der Waals surface area contributed by atoms with Gasteiger partial charge in [-0.2, -0.15) is 5.10 Å². The number of para-hydroxylation sites is 1. The van der Waals surface area contributed by atoms with Crippen LogP contribution in [0, 0.1) is 6.92 Å². The molecule has 0 atom stereocenters. The molecule has 25 heavy (non-hydrogen) atoms. The van der Waals surface area contributed by atoms with Gasteiger partial charge in [-0.3, -0.25) is 9.48 Å². The van der Waals surface area contributed by atoms with Crippen LogP contribution < -0.4 is 10.1 Å². The number of nitrogens with zero attached hydrogens (tertiary/aromatic N) is 2. The van der Waals surface area contributed by atoms with Crippen molar-refractivity contribution < 1.29 is 13.9 Å². The first-order valence-electron chi connectivity index (χ1n) is 7.76. The second kappa shape index (κ2) is 7.57. The van der Waals surface area contributed by atoms with E-state index in [-0.39, 0.29) is 18.3 Å². The third-order valence-corrected chi connectivity index (χ3v) is 4.34. The maximum atomic E-state index is 12.2. The van der Waals surface area contributed by atoms with Crippen LogP contribution in [0.15, 0.2) is 51.4 Å². The van der Waals surface area contributed by atoms with Crippen LogP contribution in [0.5, 0.6) is 5.75 Å². The van der Waals surface area contributed by atoms with Gasteiger partial charge in [0.25, 0.3) is 5.91 Å². The van der Waals surface area contributed by atoms with Crippen LogP contribution in [0.2, 0.25) is 0 Å². The highest BCUT2D eigenvalue weighted by molar-refractivity contribution is 9.10. The van der Waals surface area contributed by atoms with E-state index in [1.165, 1.54) is 0 Å². The lowest BCUT2D eigenvalue weighted by Gasteiger charge is -2.05. The van der Waals surface area contributed by atoms with E-state index in [1.807, 2.05) is 44.3 Å². The molecule has 1 N–H and O–H groups in total. The molecule has 3 aromatic rings. The fraction of sp³-hybridized carbons (Fsp3) is 0.222. The zero-order chi connectivity index (χ0) is 17.8. The van der Waals surface area contributed by atoms with Crippen molar-refractivity contribution in [2.75, 3.05) is 0 Å². The Hall–Kier alpha value is -2.54. The minimum absolute atomic E-state index is 0.245. The van der Waals surface area contributed by atoms with Crippen LogP contribution in [-0.4, -0.2) is 15.7 Å². The van der Waals surface area contributed by atoms with Crippen LogP contribution in [0.1, 0.15) is 27.7 Å². The number of furan rings is 1. The Kier molecular flexibility index (Phi) is 5.23. The molecule has 0 radical (unpaired) electrons. The van der Waals surface area contributed by atoms with Crippen molar-refractivity contribution in [3.63, 3.8) is 0 Å². The zero-order valence-electron chi connectivity index (χ0n) is 14.0. The molecular formula is C18H18BrN3O3. The number of carbonyl (C=O) groups is 1. The smallest absolute Gasteiger partial charge is 0.287 e. The number of aromatic nitrogens is 2. The normalized spacial score (nSPS) is 10.7. The minimum atomic E-state index is -0.282. The van der Waals surface area contributed by atoms with Crippen molar-refractivity contribution in [3.05, 3.63) is 69.8 Å². The Bertz CT molecular complexity index is 866. The predicted molar refractivity (Wildman–Crippen MR) is 96.3 cm³/mol. The second-order valence-electron chi connectivity index (χ2n) is 5.57. The van der Waals surface area contributed by atoms with E-state index in [4.69, 9.17) is 9.15 Å². The number of carbonyl (C=O) groups excluding carboxylic acids is 1. The van der Waals surface area contributed by atoms with Gasteiger partial charge < -0.3 is 14.5 Å². The topological polar surface area (TPSA) is 69.3 Å². The summed E-state index contributed by atoms with van der Waals surface area (Å²) in [6.07, 6.45) is 0. The van der Waals surface area contributed by atoms with E-state index < -0.39 is 0 Å². The standard InChI is InChI=1S/C18H18BrN3O3/c1-12-9-13(21-22(12)2)10-20-18(23)17-8-7-14(25-17)11-24-16-6-4-3-5-15(16)19/h3-9H,10-11H2,1-2H3,(H,20,23). The molecule has 0 spiro atoms. The van der Waals surface area contributed by atoms with Gasteiger partial charge in [0.15, 0.2) is 5.76 Å². The van der Waals surface area contributed by atoms with Crippen molar-refractivity contribution >= 4 is 21.8 Å². The molecule has 1 aromatic carbocycles. The molecule has 130 valence electrons. The van der Waals surface area contributed by atoms with Gasteiger partial charge in [0.05, 0.1) is 16.7 Å². The summed E-state index contributed by atoms with van der Waals surface area (Å²) >= 11 is 3.42. The quantitative estimate of drug-likeness (QED) is 0.682. The largest absolute Gasteiger partial charge is 0.484 e. The highest BCUT2D eigenvalue weighted by atomic mass is 79.9. The summed E-state index contributed by atoms with van der Waals surface area (Å²) in [6.45, 7) is 2.56. The van der Waals surface area contributed by atoms with Gasteiger partial charge in [-0.15, -0.1) is 0 Å². The van der Waals surface area contributed by atoms with Gasteiger partial charge >= 0.3 is 0 Å². The third kappa shape index (κ3) is 4.30. The van der Waals surface area contributed by atoms with Crippen LogP contribution in [0.4, 0.5) is 0 Å². The highest BCUT2D eigenvalue weighted by Gasteiger charge is 2.12. The molecule has 0 fully saturated rings. The molecule has 0 aliphatic heterocycles. The number of aryl methyl sites for hydroxylation is 2. The molecule has 2 aromatic heterocycles. The lowest BCUT2D eigenvalue weighted by atomic mass is 10.3. The predicted octanol–water partition coefficient (Wildman–Crippen LogP) is 3.59. The second-order valence-corrected chi connectivity index (χ2v) is 6.42. The van der Waals surface area contributed by atoms with Crippen molar-refractivity contribution in [1.29, 1.82) is 0 Å². The molecule has 0 bridgehead atoms. The molecule has 0 saturated heterocycles. The molecule has 2 heterocycles. The highest BCUT2D eigenvalue weighted by Crippen LogP contribution is 2.25. The molecule has 3 rings (SSSR count). The first-order valence-corrected chi connectivity index (χ1v) is 8.56. The molecule has 0 unspecified atom stereocenters. The molecule has 1 amide bonds. The number of nitrogens with one attached hydrogen (secondary N) is 1. The van der Waals surface area contributed by atoms with Gasteiger partial charge in [0.1, 0.15) is 18.1 Å². The summed E-state index contributed by atoms with van der Waals surface area (Å²) in [5.41, 5.74) is 1.84. The van der Waals surface area contributed by atoms with Gasteiger partial charge in [-0.05, 0) is 53.2 Å². The Labute approximate surface area is 153 Å². The number of hydrogen-bond acceptors (Lipinski definition) is 4. The number of hydrogen-bond donors (Lipinski definition) is 1. The first kappa shape index (κ1) is 17.3. The number of ether oxygens (including phenoxy) is 1. The molecule has 6 nitrogen and oxygen atoms in total. The number of rotatable bonds is 6. The van der Waals surface area contributed by atoms with Gasteiger partial charge in [-0.1, -0.05) is 12.1 Å². The number of halogens is 1. The summed E-state index contributed by atoms with van der Waals surface area (Å²) in [5.74, 6) is 1.26. The van der Waals surface area contributed by atoms with Crippen LogP contribution >= 0.6 is 15.9 Å². The van der Waals surface area contributed by atoms with Crippen molar-refractivity contribution in [2.45, 2.75) is 20.1 Å².